The number of aromatic carboxylic acids is 1. The Morgan fingerprint density at radius 1 is 0.402 bits per heavy atom. The van der Waals surface area contributed by atoms with Gasteiger partial charge in [-0.1, -0.05) is 189 Å². The summed E-state index contributed by atoms with van der Waals surface area (Å²) in [7, 11) is 0. The van der Waals surface area contributed by atoms with Crippen LogP contribution in [0, 0.1) is 12.3 Å². The van der Waals surface area contributed by atoms with E-state index in [1.807, 2.05) is 104 Å². The standard InChI is InChI=1S/C78H62O19/c1-4-68(79)94-46-56(96-71(83)63-21-7-6-20-62(63)70(81)82)44-92-54-38-32-51(33-39-54)77(66-24-14-10-18-60(66)61-19-11-15-25-67(61)77)52-34-40-55(41-35-52)93-45-57(47-95-69(80)5-2)97-75(89)78(72(84)85,73(86)87)74(88)91-43-42-90-53-36-30-50(31-37-53)76(49-28-26-48(3)27-29-49)64-22-12-8-16-58(64)59-17-9-13-23-65(59)76/h4-41,56-57H,1-2,42-47H2,3H3,(H,81,82)(H,84,85)(H,86,87). The number of rotatable bonds is 28. The Morgan fingerprint density at radius 2 is 0.753 bits per heavy atom. The second-order valence-electron chi connectivity index (χ2n) is 22.7. The highest BCUT2D eigenvalue weighted by Crippen LogP contribution is 2.58. The van der Waals surface area contributed by atoms with E-state index in [9.17, 15) is 53.7 Å². The van der Waals surface area contributed by atoms with Crippen LogP contribution in [-0.2, 0) is 63.3 Å². The summed E-state index contributed by atoms with van der Waals surface area (Å²) in [6.45, 7) is 5.48. The number of benzene rings is 9. The lowest BCUT2D eigenvalue weighted by Gasteiger charge is -2.34. The van der Waals surface area contributed by atoms with Crippen molar-refractivity contribution < 1.29 is 91.6 Å². The molecule has 0 saturated carbocycles. The summed E-state index contributed by atoms with van der Waals surface area (Å²) in [5, 5.41) is 30.6. The number of aliphatic carboxylic acids is 2. The first-order chi connectivity index (χ1) is 47.0. The zero-order chi connectivity index (χ0) is 68.4. The summed E-state index contributed by atoms with van der Waals surface area (Å²) in [4.78, 5) is 103. The minimum absolute atomic E-state index is 0.163. The van der Waals surface area contributed by atoms with Gasteiger partial charge in [0.05, 0.1) is 22.0 Å². The van der Waals surface area contributed by atoms with Gasteiger partial charge in [0, 0.05) is 12.2 Å². The Morgan fingerprint density at radius 3 is 1.13 bits per heavy atom. The maximum absolute atomic E-state index is 14.1. The van der Waals surface area contributed by atoms with Crippen LogP contribution in [0.2, 0.25) is 0 Å². The molecule has 0 radical (unpaired) electrons. The monoisotopic (exact) mass is 1300 g/mol. The maximum Gasteiger partial charge on any atom is 0.355 e. The van der Waals surface area contributed by atoms with Crippen LogP contribution in [0.3, 0.4) is 0 Å². The van der Waals surface area contributed by atoms with E-state index in [2.05, 4.69) is 61.7 Å². The first-order valence-corrected chi connectivity index (χ1v) is 30.6. The summed E-state index contributed by atoms with van der Waals surface area (Å²) < 4.78 is 44.7. The largest absolute Gasteiger partial charge is 0.490 e. The molecule has 0 bridgehead atoms. The Balaban J connectivity index is 0.788. The van der Waals surface area contributed by atoms with E-state index in [-0.39, 0.29) is 23.5 Å². The van der Waals surface area contributed by atoms with Crippen LogP contribution >= 0.6 is 0 Å². The van der Waals surface area contributed by atoms with Crippen molar-refractivity contribution in [3.05, 3.63) is 305 Å². The summed E-state index contributed by atoms with van der Waals surface area (Å²) >= 11 is 0. The molecule has 9 aromatic rings. The molecule has 2 unspecified atom stereocenters. The number of carboxylic acid groups (broad SMARTS) is 3. The average Bonchev–Trinajstić information content (AvgIpc) is 1.53. The number of fused-ring (bicyclic) bond motifs is 6. The average molecular weight is 1300 g/mol. The number of hydrogen-bond donors (Lipinski definition) is 3. The Hall–Kier alpha value is -12.4. The lowest BCUT2D eigenvalue weighted by molar-refractivity contribution is -0.193. The van der Waals surface area contributed by atoms with E-state index in [1.165, 1.54) is 24.3 Å². The first-order valence-electron chi connectivity index (χ1n) is 30.6. The molecule has 488 valence electrons. The van der Waals surface area contributed by atoms with Crippen LogP contribution in [0.15, 0.2) is 244 Å². The summed E-state index contributed by atoms with van der Waals surface area (Å²) in [5.74, 6) is -12.2. The summed E-state index contributed by atoms with van der Waals surface area (Å²) in [6.07, 6.45) is -1.16. The van der Waals surface area contributed by atoms with Gasteiger partial charge in [-0.05, 0) is 122 Å². The lowest BCUT2D eigenvalue weighted by Crippen LogP contribution is -2.55. The van der Waals surface area contributed by atoms with Crippen LogP contribution in [0.4, 0.5) is 0 Å². The van der Waals surface area contributed by atoms with E-state index >= 15 is 0 Å². The highest BCUT2D eigenvalue weighted by Gasteiger charge is 2.64. The smallest absolute Gasteiger partial charge is 0.355 e. The van der Waals surface area contributed by atoms with Crippen molar-refractivity contribution in [2.24, 2.45) is 5.41 Å². The van der Waals surface area contributed by atoms with E-state index in [4.69, 9.17) is 37.9 Å². The Labute approximate surface area is 556 Å². The van der Waals surface area contributed by atoms with Gasteiger partial charge in [0.25, 0.3) is 0 Å². The van der Waals surface area contributed by atoms with Gasteiger partial charge in [-0.2, -0.15) is 0 Å². The van der Waals surface area contributed by atoms with Crippen LogP contribution in [0.25, 0.3) is 22.3 Å². The number of ether oxygens (including phenoxy) is 8. The zero-order valence-corrected chi connectivity index (χ0v) is 52.1. The summed E-state index contributed by atoms with van der Waals surface area (Å²) in [6, 6.07) is 67.4. The van der Waals surface area contributed by atoms with E-state index in [0.29, 0.717) is 11.5 Å². The SMILES string of the molecule is C=CC(=O)OCC(COc1ccc(C2(c3ccc(OCC(COC(=O)C=C)OC(=O)C(C(=O)O)(C(=O)O)C(=O)OCCOc4ccc(C5(c6ccc(C)cc6)c6ccccc6-c6ccccc65)cc4)cc3)c3ccccc3-c3ccccc32)cc1)OC(=O)c1ccccc1C(=O)O. The number of carboxylic acids is 3. The molecule has 0 saturated heterocycles. The minimum atomic E-state index is -3.97. The topological polar surface area (TPSA) is 271 Å². The van der Waals surface area contributed by atoms with Crippen LogP contribution < -0.4 is 14.2 Å². The molecule has 0 spiro atoms. The van der Waals surface area contributed by atoms with Gasteiger partial charge < -0.3 is 53.2 Å². The fourth-order valence-electron chi connectivity index (χ4n) is 12.6. The van der Waals surface area contributed by atoms with Gasteiger partial charge >= 0.3 is 53.2 Å². The van der Waals surface area contributed by atoms with Crippen molar-refractivity contribution in [3.8, 4) is 39.5 Å². The third-order valence-corrected chi connectivity index (χ3v) is 17.0. The quantitative estimate of drug-likeness (QED) is 0.0135. The molecule has 11 rings (SSSR count). The predicted octanol–water partition coefficient (Wildman–Crippen LogP) is 11.6. The number of carbonyl (C=O) groups excluding carboxylic acids is 5. The van der Waals surface area contributed by atoms with Crippen LogP contribution in [0.5, 0.6) is 17.2 Å². The van der Waals surface area contributed by atoms with Crippen molar-refractivity contribution in [2.45, 2.75) is 30.0 Å². The highest BCUT2D eigenvalue weighted by molar-refractivity contribution is 6.32. The molecular formula is C78H62O19. The molecule has 9 aromatic carbocycles. The molecule has 3 N–H and O–H groups in total. The van der Waals surface area contributed by atoms with Gasteiger partial charge in [0.1, 0.15) is 56.9 Å². The van der Waals surface area contributed by atoms with Gasteiger partial charge in [-0.25, -0.2) is 38.4 Å². The number of esters is 5. The van der Waals surface area contributed by atoms with E-state index < -0.39 is 109 Å². The fraction of sp³-hybridized carbons (Fsp3) is 0.154. The number of carbonyl (C=O) groups is 8. The van der Waals surface area contributed by atoms with Crippen LogP contribution in [0.1, 0.15) is 70.8 Å². The fourth-order valence-corrected chi connectivity index (χ4v) is 12.6. The Bertz CT molecular complexity index is 4410. The summed E-state index contributed by atoms with van der Waals surface area (Å²) in [5.41, 5.74) is 6.55. The Kier molecular flexibility index (Phi) is 19.4. The third kappa shape index (κ3) is 12.7. The highest BCUT2D eigenvalue weighted by atomic mass is 16.6. The molecular weight excluding hydrogens is 1240 g/mol. The zero-order valence-electron chi connectivity index (χ0n) is 52.1. The van der Waals surface area contributed by atoms with Crippen molar-refractivity contribution >= 4 is 47.8 Å². The molecule has 0 heterocycles. The first kappa shape index (κ1) is 66.1. The molecule has 2 atom stereocenters. The molecule has 0 aliphatic heterocycles. The molecule has 2 aliphatic rings. The molecule has 0 fully saturated rings. The van der Waals surface area contributed by atoms with Crippen molar-refractivity contribution in [3.63, 3.8) is 0 Å². The molecule has 97 heavy (non-hydrogen) atoms. The predicted molar refractivity (Wildman–Crippen MR) is 352 cm³/mol. The van der Waals surface area contributed by atoms with E-state index in [0.717, 1.165) is 84.5 Å². The normalized spacial score (nSPS) is 13.2. The van der Waals surface area contributed by atoms with Gasteiger partial charge in [0.2, 0.25) is 0 Å². The van der Waals surface area contributed by atoms with Crippen molar-refractivity contribution in [1.29, 1.82) is 0 Å². The minimum Gasteiger partial charge on any atom is -0.490 e. The molecule has 0 amide bonds. The lowest BCUT2D eigenvalue weighted by atomic mass is 9.67. The second kappa shape index (κ2) is 28.5. The van der Waals surface area contributed by atoms with Crippen molar-refractivity contribution in [2.75, 3.05) is 39.6 Å². The van der Waals surface area contributed by atoms with Crippen LogP contribution in [-0.4, -0.2) is 115 Å². The number of hydrogen-bond acceptors (Lipinski definition) is 16. The number of aryl methyl sites for hydroxylation is 1. The van der Waals surface area contributed by atoms with Gasteiger partial charge in [-0.15, -0.1) is 0 Å². The second-order valence-corrected chi connectivity index (χ2v) is 22.7. The van der Waals surface area contributed by atoms with E-state index in [1.54, 1.807) is 48.5 Å². The van der Waals surface area contributed by atoms with Crippen molar-refractivity contribution in [1.82, 2.24) is 0 Å². The maximum atomic E-state index is 14.1. The van der Waals surface area contributed by atoms with Gasteiger partial charge in [0.15, 0.2) is 12.2 Å². The molecule has 0 aromatic heterocycles. The molecule has 19 nitrogen and oxygen atoms in total. The van der Waals surface area contributed by atoms with Gasteiger partial charge in [-0.3, -0.25) is 0 Å². The molecule has 2 aliphatic carbocycles. The third-order valence-electron chi connectivity index (χ3n) is 17.0. The molecule has 19 heteroatoms.